The molecule has 2 heterocycles. The van der Waals surface area contributed by atoms with Gasteiger partial charge in [0, 0.05) is 0 Å². The van der Waals surface area contributed by atoms with Crippen LogP contribution in [0.15, 0.2) is 41.2 Å². The number of para-hydroxylation sites is 1. The number of nitrogens with zero attached hydrogens (tertiary/aromatic N) is 3. The minimum atomic E-state index is 0.588. The van der Waals surface area contributed by atoms with Crippen molar-refractivity contribution in [2.75, 3.05) is 11.6 Å². The summed E-state index contributed by atoms with van der Waals surface area (Å²) in [4.78, 5) is 6.17. The van der Waals surface area contributed by atoms with Crippen LogP contribution < -0.4 is 4.90 Å². The van der Waals surface area contributed by atoms with Crippen LogP contribution in [0.1, 0.15) is 5.56 Å². The summed E-state index contributed by atoms with van der Waals surface area (Å²) >= 11 is 0. The van der Waals surface area contributed by atoms with Crippen LogP contribution in [-0.4, -0.2) is 23.8 Å². The van der Waals surface area contributed by atoms with E-state index < -0.39 is 0 Å². The van der Waals surface area contributed by atoms with Crippen LogP contribution in [0.3, 0.4) is 0 Å². The van der Waals surface area contributed by atoms with Crippen LogP contribution in [0.5, 0.6) is 0 Å². The van der Waals surface area contributed by atoms with Gasteiger partial charge in [-0.1, -0.05) is 12.1 Å². The number of rotatable bonds is 0. The number of anilines is 1. The first-order valence-electron chi connectivity index (χ1n) is 4.73. The molecule has 0 aromatic heterocycles. The zero-order valence-corrected chi connectivity index (χ0v) is 8.00. The monoisotopic (exact) mass is 199 g/mol. The molecule has 2 aliphatic rings. The van der Waals surface area contributed by atoms with Crippen LogP contribution in [-0.2, 0) is 0 Å². The van der Waals surface area contributed by atoms with Crippen molar-refractivity contribution in [3.8, 4) is 0 Å². The first-order chi connectivity index (χ1) is 7.34. The number of hydrogen-bond donors (Lipinski definition) is 0. The number of fused-ring (bicyclic) bond motifs is 3. The molecule has 0 saturated heterocycles. The number of aliphatic imine (C=N–C) groups is 1. The highest BCUT2D eigenvalue weighted by molar-refractivity contribution is 5.93. The normalized spacial score (nSPS) is 17.7. The zero-order chi connectivity index (χ0) is 10.3. The maximum atomic E-state index is 11.5. The Kier molecular flexibility index (Phi) is 1.62. The van der Waals surface area contributed by atoms with Gasteiger partial charge in [-0.25, -0.2) is 0 Å². The Labute approximate surface area is 87.1 Å². The fraction of sp³-hybridized carbons (Fsp3) is 0.0909. The Hall–Kier alpha value is -2.10. The standard InChI is InChI=1S/C11H9N3O/c15-13-6-9-3-1-2-4-11(9)14-8-12-5-10(14)7-13/h1-7H,8H2. The van der Waals surface area contributed by atoms with E-state index in [2.05, 4.69) is 4.99 Å². The largest absolute Gasteiger partial charge is 0.619 e. The van der Waals surface area contributed by atoms with Gasteiger partial charge in [0.25, 0.3) is 0 Å². The molecule has 15 heavy (non-hydrogen) atoms. The van der Waals surface area contributed by atoms with E-state index in [9.17, 15) is 5.21 Å². The second-order valence-electron chi connectivity index (χ2n) is 3.48. The van der Waals surface area contributed by atoms with Crippen molar-refractivity contribution < 1.29 is 4.74 Å². The van der Waals surface area contributed by atoms with Gasteiger partial charge in [-0.05, 0) is 12.1 Å². The van der Waals surface area contributed by atoms with Crippen molar-refractivity contribution >= 4 is 18.1 Å². The van der Waals surface area contributed by atoms with Gasteiger partial charge in [0.15, 0.2) is 6.21 Å². The lowest BCUT2D eigenvalue weighted by Gasteiger charge is -2.17. The minimum absolute atomic E-state index is 0.588. The molecule has 0 N–H and O–H groups in total. The summed E-state index contributed by atoms with van der Waals surface area (Å²) in [5, 5.41) is 11.5. The lowest BCUT2D eigenvalue weighted by Crippen LogP contribution is -2.18. The molecule has 0 unspecified atom stereocenters. The number of allylic oxidation sites excluding steroid dienone is 1. The Morgan fingerprint density at radius 3 is 3.13 bits per heavy atom. The van der Waals surface area contributed by atoms with E-state index >= 15 is 0 Å². The fourth-order valence-corrected chi connectivity index (χ4v) is 1.83. The van der Waals surface area contributed by atoms with Crippen LogP contribution in [0, 0.1) is 5.21 Å². The summed E-state index contributed by atoms with van der Waals surface area (Å²) < 4.78 is 0.825. The lowest BCUT2D eigenvalue weighted by atomic mass is 10.2. The zero-order valence-electron chi connectivity index (χ0n) is 8.00. The summed E-state index contributed by atoms with van der Waals surface area (Å²) in [6.45, 7) is 0.588. The van der Waals surface area contributed by atoms with Crippen molar-refractivity contribution in [1.82, 2.24) is 0 Å². The summed E-state index contributed by atoms with van der Waals surface area (Å²) in [7, 11) is 0. The highest BCUT2D eigenvalue weighted by Crippen LogP contribution is 2.26. The van der Waals surface area contributed by atoms with Gasteiger partial charge in [-0.2, -0.15) is 4.74 Å². The maximum Gasteiger partial charge on any atom is 0.205 e. The first-order valence-corrected chi connectivity index (χ1v) is 4.73. The van der Waals surface area contributed by atoms with Crippen molar-refractivity contribution in [2.24, 2.45) is 4.99 Å². The van der Waals surface area contributed by atoms with Crippen LogP contribution in [0.4, 0.5) is 5.69 Å². The number of benzene rings is 1. The molecule has 74 valence electrons. The van der Waals surface area contributed by atoms with Gasteiger partial charge in [-0.15, -0.1) is 0 Å². The van der Waals surface area contributed by atoms with E-state index in [0.29, 0.717) is 6.67 Å². The predicted octanol–water partition coefficient (Wildman–Crippen LogP) is 1.32. The Morgan fingerprint density at radius 1 is 1.33 bits per heavy atom. The third kappa shape index (κ3) is 1.22. The van der Waals surface area contributed by atoms with E-state index in [1.165, 1.54) is 6.20 Å². The molecular weight excluding hydrogens is 190 g/mol. The molecule has 4 nitrogen and oxygen atoms in total. The van der Waals surface area contributed by atoms with E-state index in [4.69, 9.17) is 0 Å². The number of hydrogen-bond acceptors (Lipinski definition) is 3. The van der Waals surface area contributed by atoms with Gasteiger partial charge in [0.05, 0.1) is 17.5 Å². The molecule has 0 atom stereocenters. The van der Waals surface area contributed by atoms with Gasteiger partial charge >= 0.3 is 0 Å². The molecule has 2 aliphatic heterocycles. The molecule has 4 heteroatoms. The van der Waals surface area contributed by atoms with Gasteiger partial charge < -0.3 is 10.1 Å². The SMILES string of the molecule is [O-][N+]1=Cc2ccccc2N2CN=CC2=C1. The van der Waals surface area contributed by atoms with Crippen LogP contribution in [0.2, 0.25) is 0 Å². The minimum Gasteiger partial charge on any atom is -0.619 e. The molecule has 0 aliphatic carbocycles. The van der Waals surface area contributed by atoms with Crippen LogP contribution in [0.25, 0.3) is 0 Å². The molecule has 0 bridgehead atoms. The molecule has 0 spiro atoms. The molecule has 1 aromatic rings. The average molecular weight is 199 g/mol. The Bertz CT molecular complexity index is 502. The van der Waals surface area contributed by atoms with E-state index in [1.807, 2.05) is 29.2 Å². The highest BCUT2D eigenvalue weighted by atomic mass is 16.5. The van der Waals surface area contributed by atoms with E-state index in [1.54, 1.807) is 12.4 Å². The van der Waals surface area contributed by atoms with Gasteiger partial charge in [0.1, 0.15) is 12.4 Å². The summed E-state index contributed by atoms with van der Waals surface area (Å²) in [6.07, 6.45) is 4.84. The number of hydroxylamine groups is 1. The maximum absolute atomic E-state index is 11.5. The summed E-state index contributed by atoms with van der Waals surface area (Å²) in [5.41, 5.74) is 2.79. The van der Waals surface area contributed by atoms with E-state index in [-0.39, 0.29) is 0 Å². The molecule has 0 fully saturated rings. The topological polar surface area (TPSA) is 41.7 Å². The molecule has 0 radical (unpaired) electrons. The Morgan fingerprint density at radius 2 is 2.20 bits per heavy atom. The molecule has 0 amide bonds. The second kappa shape index (κ2) is 2.95. The van der Waals surface area contributed by atoms with Crippen molar-refractivity contribution in [2.45, 2.75) is 0 Å². The molecule has 1 aromatic carbocycles. The first kappa shape index (κ1) is 8.23. The van der Waals surface area contributed by atoms with Crippen molar-refractivity contribution in [1.29, 1.82) is 0 Å². The van der Waals surface area contributed by atoms with Gasteiger partial charge in [0.2, 0.25) is 6.20 Å². The molecule has 0 saturated carbocycles. The predicted molar refractivity (Wildman–Crippen MR) is 59.2 cm³/mol. The van der Waals surface area contributed by atoms with Gasteiger partial charge in [-0.3, -0.25) is 4.99 Å². The Balaban J connectivity index is 2.23. The smallest absolute Gasteiger partial charge is 0.205 e. The summed E-state index contributed by atoms with van der Waals surface area (Å²) in [5.74, 6) is 0. The van der Waals surface area contributed by atoms with Crippen molar-refractivity contribution in [3.63, 3.8) is 0 Å². The van der Waals surface area contributed by atoms with E-state index in [0.717, 1.165) is 21.7 Å². The third-order valence-electron chi connectivity index (χ3n) is 2.51. The molecule has 3 rings (SSSR count). The quantitative estimate of drug-likeness (QED) is 0.467. The second-order valence-corrected chi connectivity index (χ2v) is 3.48. The lowest BCUT2D eigenvalue weighted by molar-refractivity contribution is -0.372. The molecular formula is C11H9N3O. The summed E-state index contributed by atoms with van der Waals surface area (Å²) in [6, 6.07) is 7.80. The van der Waals surface area contributed by atoms with Crippen LogP contribution >= 0.6 is 0 Å². The third-order valence-corrected chi connectivity index (χ3v) is 2.51. The fourth-order valence-electron chi connectivity index (χ4n) is 1.83. The average Bonchev–Trinajstić information content (AvgIpc) is 2.62. The van der Waals surface area contributed by atoms with Crippen molar-refractivity contribution in [3.05, 3.63) is 46.9 Å². The highest BCUT2D eigenvalue weighted by Gasteiger charge is 2.22.